The summed E-state index contributed by atoms with van der Waals surface area (Å²) in [6, 6.07) is 5.66. The zero-order valence-corrected chi connectivity index (χ0v) is 10.4. The van der Waals surface area contributed by atoms with E-state index in [-0.39, 0.29) is 5.60 Å². The van der Waals surface area contributed by atoms with Crippen molar-refractivity contribution in [3.63, 3.8) is 0 Å². The van der Waals surface area contributed by atoms with Crippen molar-refractivity contribution in [3.05, 3.63) is 28.2 Å². The maximum atomic E-state index is 6.19. The number of anilines is 1. The molecule has 0 unspecified atom stereocenters. The Labute approximate surface area is 105 Å². The molecule has 2 heterocycles. The Morgan fingerprint density at radius 3 is 2.19 bits per heavy atom. The molecule has 86 valence electrons. The summed E-state index contributed by atoms with van der Waals surface area (Å²) in [5, 5.41) is 1.47. The highest BCUT2D eigenvalue weighted by Crippen LogP contribution is 2.41. The summed E-state index contributed by atoms with van der Waals surface area (Å²) in [6.07, 6.45) is 2.16. The van der Waals surface area contributed by atoms with Crippen LogP contribution in [0.1, 0.15) is 12.8 Å². The monoisotopic (exact) mass is 257 g/mol. The molecule has 0 saturated carbocycles. The van der Waals surface area contributed by atoms with E-state index < -0.39 is 0 Å². The van der Waals surface area contributed by atoms with Crippen LogP contribution < -0.4 is 4.90 Å². The fourth-order valence-corrected chi connectivity index (χ4v) is 2.96. The van der Waals surface area contributed by atoms with Gasteiger partial charge in [0.1, 0.15) is 0 Å². The quantitative estimate of drug-likeness (QED) is 0.718. The van der Waals surface area contributed by atoms with Crippen molar-refractivity contribution >= 4 is 28.9 Å². The molecule has 2 nitrogen and oxygen atoms in total. The first kappa shape index (κ1) is 10.7. The van der Waals surface area contributed by atoms with E-state index in [4.69, 9.17) is 27.9 Å². The van der Waals surface area contributed by atoms with E-state index in [0.29, 0.717) is 0 Å². The van der Waals surface area contributed by atoms with Crippen molar-refractivity contribution in [2.45, 2.75) is 18.4 Å². The zero-order chi connectivity index (χ0) is 11.2. The van der Waals surface area contributed by atoms with Crippen LogP contribution in [0.5, 0.6) is 0 Å². The van der Waals surface area contributed by atoms with Gasteiger partial charge in [-0.05, 0) is 25.0 Å². The molecule has 0 atom stereocenters. The molecule has 0 radical (unpaired) electrons. The number of piperidine rings is 1. The molecule has 4 heteroatoms. The van der Waals surface area contributed by atoms with Gasteiger partial charge in [-0.3, -0.25) is 0 Å². The summed E-state index contributed by atoms with van der Waals surface area (Å²) >= 11 is 12.4. The standard InChI is InChI=1S/C12H13Cl2NO/c13-9-2-1-3-10(14)11(9)15-6-4-12(5-7-15)8-16-12/h1-3H,4-8H2. The van der Waals surface area contributed by atoms with Crippen LogP contribution in [0.15, 0.2) is 18.2 Å². The van der Waals surface area contributed by atoms with Crippen LogP contribution >= 0.6 is 23.2 Å². The van der Waals surface area contributed by atoms with Crippen LogP contribution in [0.3, 0.4) is 0 Å². The number of benzene rings is 1. The highest BCUT2D eigenvalue weighted by Gasteiger charge is 2.46. The molecule has 0 aliphatic carbocycles. The predicted molar refractivity (Wildman–Crippen MR) is 66.6 cm³/mol. The SMILES string of the molecule is Clc1cccc(Cl)c1N1CCC2(CC1)CO2. The first-order chi connectivity index (χ1) is 7.70. The van der Waals surface area contributed by atoms with Gasteiger partial charge in [0, 0.05) is 13.1 Å². The van der Waals surface area contributed by atoms with Gasteiger partial charge in [0.2, 0.25) is 0 Å². The molecule has 2 saturated heterocycles. The van der Waals surface area contributed by atoms with Crippen molar-refractivity contribution in [1.82, 2.24) is 0 Å². The van der Waals surface area contributed by atoms with Gasteiger partial charge in [-0.15, -0.1) is 0 Å². The smallest absolute Gasteiger partial charge is 0.0950 e. The molecule has 3 rings (SSSR count). The molecule has 2 aliphatic rings. The molecule has 2 aliphatic heterocycles. The van der Waals surface area contributed by atoms with Gasteiger partial charge >= 0.3 is 0 Å². The van der Waals surface area contributed by atoms with Gasteiger partial charge in [-0.2, -0.15) is 0 Å². The minimum absolute atomic E-state index is 0.199. The zero-order valence-electron chi connectivity index (χ0n) is 8.88. The third-order valence-corrected chi connectivity index (χ3v) is 4.09. The molecule has 0 aromatic heterocycles. The van der Waals surface area contributed by atoms with Crippen LogP contribution in [-0.4, -0.2) is 25.3 Å². The Bertz CT molecular complexity index is 387. The maximum absolute atomic E-state index is 6.19. The summed E-state index contributed by atoms with van der Waals surface area (Å²) in [4.78, 5) is 2.26. The fraction of sp³-hybridized carbons (Fsp3) is 0.500. The normalized spacial score (nSPS) is 22.5. The Balaban J connectivity index is 1.82. The van der Waals surface area contributed by atoms with Crippen LogP contribution in [0.2, 0.25) is 10.0 Å². The van der Waals surface area contributed by atoms with Gasteiger partial charge in [0.15, 0.2) is 0 Å². The van der Waals surface area contributed by atoms with Gasteiger partial charge in [-0.25, -0.2) is 0 Å². The Kier molecular flexibility index (Phi) is 2.54. The Hall–Kier alpha value is -0.440. The maximum Gasteiger partial charge on any atom is 0.0950 e. The summed E-state index contributed by atoms with van der Waals surface area (Å²) in [7, 11) is 0. The topological polar surface area (TPSA) is 15.8 Å². The largest absolute Gasteiger partial charge is 0.369 e. The van der Waals surface area contributed by atoms with Crippen LogP contribution in [0.25, 0.3) is 0 Å². The molecule has 2 fully saturated rings. The molecule has 0 N–H and O–H groups in total. The second-order valence-corrected chi connectivity index (χ2v) is 5.34. The molecule has 0 bridgehead atoms. The van der Waals surface area contributed by atoms with Gasteiger partial charge in [0.25, 0.3) is 0 Å². The number of nitrogens with zero attached hydrogens (tertiary/aromatic N) is 1. The number of halogens is 2. The second kappa shape index (κ2) is 3.80. The van der Waals surface area contributed by atoms with Crippen molar-refractivity contribution in [3.8, 4) is 0 Å². The number of ether oxygens (including phenoxy) is 1. The summed E-state index contributed by atoms with van der Waals surface area (Å²) in [5.41, 5.74) is 1.17. The summed E-state index contributed by atoms with van der Waals surface area (Å²) in [5.74, 6) is 0. The minimum atomic E-state index is 0.199. The number of rotatable bonds is 1. The second-order valence-electron chi connectivity index (χ2n) is 4.53. The summed E-state index contributed by atoms with van der Waals surface area (Å²) in [6.45, 7) is 2.88. The van der Waals surface area contributed by atoms with E-state index in [0.717, 1.165) is 48.3 Å². The van der Waals surface area contributed by atoms with Crippen LogP contribution in [0.4, 0.5) is 5.69 Å². The van der Waals surface area contributed by atoms with Gasteiger partial charge in [-0.1, -0.05) is 29.3 Å². The minimum Gasteiger partial charge on any atom is -0.369 e. The molecular formula is C12H13Cl2NO. The number of epoxide rings is 1. The molecule has 1 aromatic carbocycles. The number of para-hydroxylation sites is 1. The third-order valence-electron chi connectivity index (χ3n) is 3.48. The highest BCUT2D eigenvalue weighted by atomic mass is 35.5. The van der Waals surface area contributed by atoms with Crippen LogP contribution in [-0.2, 0) is 4.74 Å². The Morgan fingerprint density at radius 1 is 1.12 bits per heavy atom. The molecular weight excluding hydrogens is 245 g/mol. The molecule has 0 amide bonds. The number of hydrogen-bond acceptors (Lipinski definition) is 2. The van der Waals surface area contributed by atoms with E-state index in [2.05, 4.69) is 4.90 Å². The van der Waals surface area contributed by atoms with Crippen LogP contribution in [0, 0.1) is 0 Å². The van der Waals surface area contributed by atoms with E-state index in [9.17, 15) is 0 Å². The third kappa shape index (κ3) is 1.79. The first-order valence-electron chi connectivity index (χ1n) is 5.53. The lowest BCUT2D eigenvalue weighted by Gasteiger charge is -2.33. The molecule has 16 heavy (non-hydrogen) atoms. The van der Waals surface area contributed by atoms with Crippen molar-refractivity contribution in [2.24, 2.45) is 0 Å². The average molecular weight is 258 g/mol. The lowest BCUT2D eigenvalue weighted by atomic mass is 9.97. The van der Waals surface area contributed by atoms with E-state index in [1.165, 1.54) is 0 Å². The lowest BCUT2D eigenvalue weighted by Crippen LogP contribution is -2.38. The van der Waals surface area contributed by atoms with E-state index in [1.807, 2.05) is 18.2 Å². The predicted octanol–water partition coefficient (Wildman–Crippen LogP) is 3.36. The Morgan fingerprint density at radius 2 is 1.69 bits per heavy atom. The average Bonchev–Trinajstić information content (AvgIpc) is 3.01. The van der Waals surface area contributed by atoms with E-state index >= 15 is 0 Å². The molecule has 1 spiro atoms. The fourth-order valence-electron chi connectivity index (χ4n) is 2.32. The highest BCUT2D eigenvalue weighted by molar-refractivity contribution is 6.39. The van der Waals surface area contributed by atoms with Gasteiger partial charge in [0.05, 0.1) is 27.9 Å². The van der Waals surface area contributed by atoms with Crippen molar-refractivity contribution in [1.29, 1.82) is 0 Å². The molecule has 1 aromatic rings. The van der Waals surface area contributed by atoms with Crippen molar-refractivity contribution < 1.29 is 4.74 Å². The van der Waals surface area contributed by atoms with E-state index in [1.54, 1.807) is 0 Å². The summed E-state index contributed by atoms with van der Waals surface area (Å²) < 4.78 is 5.49. The first-order valence-corrected chi connectivity index (χ1v) is 6.29. The number of hydrogen-bond donors (Lipinski definition) is 0. The van der Waals surface area contributed by atoms with Crippen molar-refractivity contribution in [2.75, 3.05) is 24.6 Å². The lowest BCUT2D eigenvalue weighted by molar-refractivity contribution is 0.259. The van der Waals surface area contributed by atoms with Gasteiger partial charge < -0.3 is 9.64 Å².